The fraction of sp³-hybridized carbons (Fsp3) is 0.273. The Labute approximate surface area is 77.6 Å². The summed E-state index contributed by atoms with van der Waals surface area (Å²) < 4.78 is 0. The maximum absolute atomic E-state index is 4.48. The highest BCUT2D eigenvalue weighted by molar-refractivity contribution is 5.74. The minimum atomic E-state index is 0.984. The van der Waals surface area contributed by atoms with E-state index in [0.717, 1.165) is 23.1 Å². The van der Waals surface area contributed by atoms with Gasteiger partial charge in [0.05, 0.1) is 11.0 Å². The van der Waals surface area contributed by atoms with Gasteiger partial charge in [0.2, 0.25) is 0 Å². The maximum Gasteiger partial charge on any atom is 0.0890 e. The summed E-state index contributed by atoms with van der Waals surface area (Å²) in [5.41, 5.74) is 4.37. The minimum Gasteiger partial charge on any atom is -0.255 e. The van der Waals surface area contributed by atoms with Crippen LogP contribution in [-0.4, -0.2) is 9.97 Å². The Balaban J connectivity index is 2.74. The van der Waals surface area contributed by atoms with E-state index >= 15 is 0 Å². The van der Waals surface area contributed by atoms with Crippen molar-refractivity contribution in [3.8, 4) is 0 Å². The van der Waals surface area contributed by atoms with Gasteiger partial charge in [-0.3, -0.25) is 9.97 Å². The Bertz CT molecular complexity index is 435. The maximum atomic E-state index is 4.48. The van der Waals surface area contributed by atoms with Crippen molar-refractivity contribution in [2.45, 2.75) is 20.3 Å². The number of fused-ring (bicyclic) bond motifs is 1. The summed E-state index contributed by atoms with van der Waals surface area (Å²) in [4.78, 5) is 8.75. The van der Waals surface area contributed by atoms with Gasteiger partial charge in [0.1, 0.15) is 0 Å². The molecular weight excluding hydrogens is 160 g/mol. The predicted molar refractivity (Wildman–Crippen MR) is 53.7 cm³/mol. The van der Waals surface area contributed by atoms with Crippen molar-refractivity contribution in [1.82, 2.24) is 9.97 Å². The molecule has 2 heteroatoms. The second kappa shape index (κ2) is 3.13. The van der Waals surface area contributed by atoms with Gasteiger partial charge in [-0.05, 0) is 37.1 Å². The van der Waals surface area contributed by atoms with Crippen LogP contribution in [0.4, 0.5) is 0 Å². The smallest absolute Gasteiger partial charge is 0.0890 e. The van der Waals surface area contributed by atoms with Crippen LogP contribution in [-0.2, 0) is 6.42 Å². The fourth-order valence-corrected chi connectivity index (χ4v) is 1.49. The molecule has 0 spiro atoms. The predicted octanol–water partition coefficient (Wildman–Crippen LogP) is 2.50. The van der Waals surface area contributed by atoms with Crippen molar-refractivity contribution in [2.24, 2.45) is 0 Å². The molecule has 0 bridgehead atoms. The molecule has 2 heterocycles. The van der Waals surface area contributed by atoms with E-state index < -0.39 is 0 Å². The zero-order valence-electron chi connectivity index (χ0n) is 7.91. The number of aryl methyl sites for hydroxylation is 2. The largest absolute Gasteiger partial charge is 0.255 e. The molecule has 0 aliphatic rings. The summed E-state index contributed by atoms with van der Waals surface area (Å²) in [5, 5.41) is 0. The molecule has 0 saturated carbocycles. The number of aromatic nitrogens is 2. The lowest BCUT2D eigenvalue weighted by atomic mass is 10.1. The van der Waals surface area contributed by atoms with E-state index in [-0.39, 0.29) is 0 Å². The first-order valence-electron chi connectivity index (χ1n) is 4.52. The first-order chi connectivity index (χ1) is 6.31. The van der Waals surface area contributed by atoms with Gasteiger partial charge in [0.15, 0.2) is 0 Å². The molecule has 0 amide bonds. The van der Waals surface area contributed by atoms with Crippen molar-refractivity contribution in [3.63, 3.8) is 0 Å². The molecule has 0 aromatic carbocycles. The number of hydrogen-bond donors (Lipinski definition) is 0. The quantitative estimate of drug-likeness (QED) is 0.660. The zero-order chi connectivity index (χ0) is 9.26. The summed E-state index contributed by atoms with van der Waals surface area (Å²) in [6.45, 7) is 4.18. The van der Waals surface area contributed by atoms with Crippen molar-refractivity contribution in [2.75, 3.05) is 0 Å². The number of hydrogen-bond acceptors (Lipinski definition) is 2. The second-order valence-corrected chi connectivity index (χ2v) is 3.13. The van der Waals surface area contributed by atoms with Gasteiger partial charge >= 0.3 is 0 Å². The van der Waals surface area contributed by atoms with Crippen LogP contribution in [0.3, 0.4) is 0 Å². The molecule has 13 heavy (non-hydrogen) atoms. The van der Waals surface area contributed by atoms with E-state index in [9.17, 15) is 0 Å². The van der Waals surface area contributed by atoms with Crippen LogP contribution < -0.4 is 0 Å². The number of rotatable bonds is 1. The van der Waals surface area contributed by atoms with Crippen LogP contribution in [0.1, 0.15) is 18.2 Å². The van der Waals surface area contributed by atoms with E-state index in [1.807, 2.05) is 19.1 Å². The molecule has 2 aromatic heterocycles. The molecule has 2 aromatic rings. The Morgan fingerprint density at radius 1 is 1.31 bits per heavy atom. The van der Waals surface area contributed by atoms with Crippen LogP contribution in [0.15, 0.2) is 24.4 Å². The number of nitrogens with zero attached hydrogens (tertiary/aromatic N) is 2. The third-order valence-electron chi connectivity index (χ3n) is 2.26. The summed E-state index contributed by atoms with van der Waals surface area (Å²) >= 11 is 0. The highest BCUT2D eigenvalue weighted by Gasteiger charge is 2.00. The van der Waals surface area contributed by atoms with Crippen LogP contribution in [0.5, 0.6) is 0 Å². The third kappa shape index (κ3) is 1.39. The lowest BCUT2D eigenvalue weighted by Crippen LogP contribution is -1.92. The van der Waals surface area contributed by atoms with Gasteiger partial charge in [0, 0.05) is 11.9 Å². The molecule has 0 aliphatic carbocycles. The average Bonchev–Trinajstić information content (AvgIpc) is 2.17. The van der Waals surface area contributed by atoms with E-state index in [1.165, 1.54) is 5.56 Å². The molecule has 0 radical (unpaired) electrons. The normalized spacial score (nSPS) is 10.6. The molecule has 0 aliphatic heterocycles. The highest BCUT2D eigenvalue weighted by atomic mass is 14.8. The molecule has 0 fully saturated rings. The molecule has 2 rings (SSSR count). The molecule has 0 unspecified atom stereocenters. The Hall–Kier alpha value is -1.44. The van der Waals surface area contributed by atoms with Crippen LogP contribution in [0.2, 0.25) is 0 Å². The summed E-state index contributed by atoms with van der Waals surface area (Å²) in [6, 6.07) is 6.03. The first-order valence-corrected chi connectivity index (χ1v) is 4.52. The first kappa shape index (κ1) is 8.17. The summed E-state index contributed by atoms with van der Waals surface area (Å²) in [6.07, 6.45) is 2.82. The van der Waals surface area contributed by atoms with Crippen molar-refractivity contribution < 1.29 is 0 Å². The van der Waals surface area contributed by atoms with E-state index in [2.05, 4.69) is 23.0 Å². The second-order valence-electron chi connectivity index (χ2n) is 3.13. The van der Waals surface area contributed by atoms with Crippen LogP contribution >= 0.6 is 0 Å². The topological polar surface area (TPSA) is 25.8 Å². The molecule has 2 nitrogen and oxygen atoms in total. The van der Waals surface area contributed by atoms with Gasteiger partial charge in [-0.25, -0.2) is 0 Å². The molecule has 0 atom stereocenters. The fourth-order valence-electron chi connectivity index (χ4n) is 1.49. The van der Waals surface area contributed by atoms with E-state index in [1.54, 1.807) is 6.20 Å². The Morgan fingerprint density at radius 2 is 2.15 bits per heavy atom. The van der Waals surface area contributed by atoms with Crippen molar-refractivity contribution in [3.05, 3.63) is 35.7 Å². The van der Waals surface area contributed by atoms with Crippen molar-refractivity contribution >= 4 is 11.0 Å². The molecule has 66 valence electrons. The van der Waals surface area contributed by atoms with Crippen LogP contribution in [0, 0.1) is 6.92 Å². The highest BCUT2D eigenvalue weighted by Crippen LogP contribution is 2.13. The SMILES string of the molecule is CCc1cc2ncccc2nc1C. The van der Waals surface area contributed by atoms with Gasteiger partial charge in [-0.15, -0.1) is 0 Å². The third-order valence-corrected chi connectivity index (χ3v) is 2.26. The Kier molecular flexibility index (Phi) is 1.97. The molecular formula is C11H12N2. The van der Waals surface area contributed by atoms with Crippen LogP contribution in [0.25, 0.3) is 11.0 Å². The van der Waals surface area contributed by atoms with Crippen molar-refractivity contribution in [1.29, 1.82) is 0 Å². The standard InChI is InChI=1S/C11H12N2/c1-3-9-7-11-10(13-8(9)2)5-4-6-12-11/h4-7H,3H2,1-2H3. The van der Waals surface area contributed by atoms with Gasteiger partial charge < -0.3 is 0 Å². The molecule has 0 saturated heterocycles. The number of pyridine rings is 2. The summed E-state index contributed by atoms with van der Waals surface area (Å²) in [5.74, 6) is 0. The minimum absolute atomic E-state index is 0.984. The van der Waals surface area contributed by atoms with E-state index in [4.69, 9.17) is 0 Å². The monoisotopic (exact) mass is 172 g/mol. The lowest BCUT2D eigenvalue weighted by molar-refractivity contribution is 1.06. The summed E-state index contributed by atoms with van der Waals surface area (Å²) in [7, 11) is 0. The van der Waals surface area contributed by atoms with E-state index in [0.29, 0.717) is 0 Å². The Morgan fingerprint density at radius 3 is 2.92 bits per heavy atom. The van der Waals surface area contributed by atoms with Gasteiger partial charge in [-0.1, -0.05) is 6.92 Å². The zero-order valence-corrected chi connectivity index (χ0v) is 7.91. The molecule has 0 N–H and O–H groups in total. The lowest BCUT2D eigenvalue weighted by Gasteiger charge is -2.03. The van der Waals surface area contributed by atoms with Gasteiger partial charge in [-0.2, -0.15) is 0 Å². The van der Waals surface area contributed by atoms with Gasteiger partial charge in [0.25, 0.3) is 0 Å². The average molecular weight is 172 g/mol.